The first-order chi connectivity index (χ1) is 11.1. The van der Waals surface area contributed by atoms with Gasteiger partial charge in [-0.05, 0) is 37.8 Å². The summed E-state index contributed by atoms with van der Waals surface area (Å²) in [5, 5.41) is 13.0. The molecule has 1 aromatic carbocycles. The highest BCUT2D eigenvalue weighted by atomic mass is 16.3. The van der Waals surface area contributed by atoms with E-state index in [1.165, 1.54) is 0 Å². The fraction of sp³-hybridized carbons (Fsp3) is 0.556. The minimum absolute atomic E-state index is 0.0138. The third kappa shape index (κ3) is 3.39. The van der Waals surface area contributed by atoms with Crippen LogP contribution in [-0.2, 0) is 4.79 Å². The number of aliphatic hydroxyl groups is 1. The smallest absolute Gasteiger partial charge is 0.251 e. The third-order valence-electron chi connectivity index (χ3n) is 5.26. The largest absolute Gasteiger partial charge is 0.392 e. The van der Waals surface area contributed by atoms with Crippen LogP contribution >= 0.6 is 0 Å². The number of aliphatic hydroxyl groups excluding tert-OH is 1. The van der Waals surface area contributed by atoms with Crippen LogP contribution in [0.15, 0.2) is 30.3 Å². The fourth-order valence-corrected chi connectivity index (χ4v) is 3.93. The molecule has 1 aromatic rings. The number of nitrogens with one attached hydrogen (secondary N) is 1. The number of nitrogens with zero attached hydrogens (tertiary/aromatic N) is 1. The van der Waals surface area contributed by atoms with Crippen molar-refractivity contribution in [3.8, 4) is 0 Å². The van der Waals surface area contributed by atoms with Crippen LogP contribution in [0.3, 0.4) is 0 Å². The molecule has 2 fully saturated rings. The van der Waals surface area contributed by atoms with E-state index in [2.05, 4.69) is 5.32 Å². The zero-order valence-corrected chi connectivity index (χ0v) is 13.3. The van der Waals surface area contributed by atoms with Gasteiger partial charge < -0.3 is 15.3 Å². The Hall–Kier alpha value is -1.88. The Morgan fingerprint density at radius 3 is 2.65 bits per heavy atom. The van der Waals surface area contributed by atoms with Gasteiger partial charge in [0, 0.05) is 24.1 Å². The summed E-state index contributed by atoms with van der Waals surface area (Å²) in [4.78, 5) is 26.2. The predicted octanol–water partition coefficient (Wildman–Crippen LogP) is 1.57. The van der Waals surface area contributed by atoms with Crippen molar-refractivity contribution >= 4 is 11.8 Å². The highest BCUT2D eigenvalue weighted by Crippen LogP contribution is 2.44. The van der Waals surface area contributed by atoms with Gasteiger partial charge in [0.2, 0.25) is 5.91 Å². The number of piperidine rings is 1. The maximum atomic E-state index is 12.4. The first-order valence-electron chi connectivity index (χ1n) is 8.40. The van der Waals surface area contributed by atoms with Crippen molar-refractivity contribution in [2.75, 3.05) is 19.6 Å². The van der Waals surface area contributed by atoms with Crippen molar-refractivity contribution in [1.82, 2.24) is 10.2 Å². The molecule has 2 atom stereocenters. The molecule has 2 N–H and O–H groups in total. The topological polar surface area (TPSA) is 69.6 Å². The molecule has 1 spiro atoms. The number of carbonyl (C=O) groups excluding carboxylic acids is 2. The molecule has 124 valence electrons. The van der Waals surface area contributed by atoms with Crippen molar-refractivity contribution in [2.45, 2.75) is 38.2 Å². The lowest BCUT2D eigenvalue weighted by Crippen LogP contribution is -2.51. The van der Waals surface area contributed by atoms with E-state index in [-0.39, 0.29) is 29.9 Å². The number of likely N-dealkylation sites (tertiary alicyclic amines) is 1. The minimum Gasteiger partial charge on any atom is -0.392 e. The molecule has 2 amide bonds. The summed E-state index contributed by atoms with van der Waals surface area (Å²) in [6.45, 7) is 1.35. The Kier molecular flexibility index (Phi) is 4.66. The monoisotopic (exact) mass is 316 g/mol. The average Bonchev–Trinajstić information content (AvgIpc) is 2.93. The Bertz CT molecular complexity index is 575. The summed E-state index contributed by atoms with van der Waals surface area (Å²) in [5.74, 6) is -0.293. The maximum absolute atomic E-state index is 12.4. The SMILES string of the molecule is O=C(NCC(=O)N1CCC[C@]2(CCC[C@H]2O)C1)c1ccccc1. The van der Waals surface area contributed by atoms with Gasteiger partial charge in [0.25, 0.3) is 5.91 Å². The maximum Gasteiger partial charge on any atom is 0.251 e. The molecular formula is C18H24N2O3. The fourth-order valence-electron chi connectivity index (χ4n) is 3.93. The van der Waals surface area contributed by atoms with Crippen molar-refractivity contribution < 1.29 is 14.7 Å². The molecule has 1 aliphatic heterocycles. The summed E-state index contributed by atoms with van der Waals surface area (Å²) in [6.07, 6.45) is 4.50. The minimum atomic E-state index is -0.294. The number of rotatable bonds is 3. The molecule has 0 radical (unpaired) electrons. The van der Waals surface area contributed by atoms with Gasteiger partial charge in [-0.15, -0.1) is 0 Å². The molecule has 0 aromatic heterocycles. The predicted molar refractivity (Wildman–Crippen MR) is 86.9 cm³/mol. The van der Waals surface area contributed by atoms with Crippen LogP contribution in [0.5, 0.6) is 0 Å². The van der Waals surface area contributed by atoms with E-state index in [4.69, 9.17) is 0 Å². The molecular weight excluding hydrogens is 292 g/mol. The van der Waals surface area contributed by atoms with Gasteiger partial charge >= 0.3 is 0 Å². The highest BCUT2D eigenvalue weighted by Gasteiger charge is 2.45. The van der Waals surface area contributed by atoms with Gasteiger partial charge in [-0.25, -0.2) is 0 Å². The van der Waals surface area contributed by atoms with Crippen molar-refractivity contribution in [3.63, 3.8) is 0 Å². The second-order valence-electron chi connectivity index (χ2n) is 6.74. The van der Waals surface area contributed by atoms with Crippen molar-refractivity contribution in [3.05, 3.63) is 35.9 Å². The molecule has 5 heteroatoms. The number of hydrogen-bond acceptors (Lipinski definition) is 3. The normalized spacial score (nSPS) is 27.2. The van der Waals surface area contributed by atoms with Crippen LogP contribution in [0, 0.1) is 5.41 Å². The van der Waals surface area contributed by atoms with E-state index in [9.17, 15) is 14.7 Å². The average molecular weight is 316 g/mol. The zero-order valence-electron chi connectivity index (χ0n) is 13.3. The second-order valence-corrected chi connectivity index (χ2v) is 6.74. The van der Waals surface area contributed by atoms with E-state index in [1.807, 2.05) is 11.0 Å². The molecule has 0 bridgehead atoms. The quantitative estimate of drug-likeness (QED) is 0.889. The summed E-state index contributed by atoms with van der Waals surface area (Å²) < 4.78 is 0. The second kappa shape index (κ2) is 6.71. The van der Waals surface area contributed by atoms with Crippen LogP contribution in [0.1, 0.15) is 42.5 Å². The number of carbonyl (C=O) groups is 2. The summed E-state index contributed by atoms with van der Waals surface area (Å²) in [5.41, 5.74) is 0.443. The number of hydrogen-bond donors (Lipinski definition) is 2. The molecule has 1 heterocycles. The van der Waals surface area contributed by atoms with E-state index < -0.39 is 0 Å². The standard InChI is InChI=1S/C18H24N2O3/c21-15-8-4-9-18(15)10-5-11-20(13-18)16(22)12-19-17(23)14-6-2-1-3-7-14/h1-3,6-7,15,21H,4-5,8-13H2,(H,19,23)/t15-,18-/m1/s1. The summed E-state index contributed by atoms with van der Waals surface area (Å²) in [6, 6.07) is 8.90. The van der Waals surface area contributed by atoms with Crippen LogP contribution in [0.2, 0.25) is 0 Å². The van der Waals surface area contributed by atoms with Gasteiger partial charge in [0.05, 0.1) is 12.6 Å². The Balaban J connectivity index is 1.55. The first kappa shape index (κ1) is 16.0. The van der Waals surface area contributed by atoms with Crippen LogP contribution in [-0.4, -0.2) is 47.6 Å². The van der Waals surface area contributed by atoms with Crippen LogP contribution in [0.4, 0.5) is 0 Å². The molecule has 5 nitrogen and oxygen atoms in total. The number of amides is 2. The zero-order chi connectivity index (χ0) is 16.3. The molecule has 1 saturated carbocycles. The van der Waals surface area contributed by atoms with E-state index in [0.717, 1.165) is 32.1 Å². The number of benzene rings is 1. The van der Waals surface area contributed by atoms with Crippen LogP contribution < -0.4 is 5.32 Å². The van der Waals surface area contributed by atoms with Crippen molar-refractivity contribution in [2.24, 2.45) is 5.41 Å². The molecule has 23 heavy (non-hydrogen) atoms. The lowest BCUT2D eigenvalue weighted by atomic mass is 9.76. The first-order valence-corrected chi connectivity index (χ1v) is 8.40. The van der Waals surface area contributed by atoms with Crippen LogP contribution in [0.25, 0.3) is 0 Å². The molecule has 2 aliphatic rings. The van der Waals surface area contributed by atoms with Crippen molar-refractivity contribution in [1.29, 1.82) is 0 Å². The molecule has 0 unspecified atom stereocenters. The summed E-state index contributed by atoms with van der Waals surface area (Å²) in [7, 11) is 0. The van der Waals surface area contributed by atoms with Gasteiger partial charge in [-0.2, -0.15) is 0 Å². The Morgan fingerprint density at radius 1 is 1.22 bits per heavy atom. The lowest BCUT2D eigenvalue weighted by Gasteiger charge is -2.42. The van der Waals surface area contributed by atoms with E-state index in [0.29, 0.717) is 18.7 Å². The lowest BCUT2D eigenvalue weighted by molar-refractivity contribution is -0.135. The van der Waals surface area contributed by atoms with E-state index in [1.54, 1.807) is 24.3 Å². The van der Waals surface area contributed by atoms with Gasteiger partial charge in [-0.1, -0.05) is 24.6 Å². The Morgan fingerprint density at radius 2 is 1.96 bits per heavy atom. The molecule has 1 saturated heterocycles. The van der Waals surface area contributed by atoms with Gasteiger partial charge in [0.1, 0.15) is 0 Å². The third-order valence-corrected chi connectivity index (χ3v) is 5.26. The van der Waals surface area contributed by atoms with Gasteiger partial charge in [0.15, 0.2) is 0 Å². The van der Waals surface area contributed by atoms with Gasteiger partial charge in [-0.3, -0.25) is 9.59 Å². The van der Waals surface area contributed by atoms with E-state index >= 15 is 0 Å². The molecule has 3 rings (SSSR count). The molecule has 1 aliphatic carbocycles. The highest BCUT2D eigenvalue weighted by molar-refractivity contribution is 5.96. The summed E-state index contributed by atoms with van der Waals surface area (Å²) >= 11 is 0. The Labute approximate surface area is 136 Å².